The SMILES string of the molecule is CC(C)=CCC1C(=O)C(C)(C)C(O)CC(=O)OC(c2ccc3cccnc3c2)CC2OC2(C)CCCC(C)C1O. The Kier molecular flexibility index (Phi) is 9.18. The summed E-state index contributed by atoms with van der Waals surface area (Å²) < 4.78 is 12.1. The number of carbonyl (C=O) groups excluding carboxylic acids is 2. The van der Waals surface area contributed by atoms with Crippen LogP contribution in [0.4, 0.5) is 0 Å². The zero-order valence-corrected chi connectivity index (χ0v) is 24.7. The van der Waals surface area contributed by atoms with Crippen molar-refractivity contribution >= 4 is 22.7 Å². The number of aromatic nitrogens is 1. The predicted molar refractivity (Wildman–Crippen MR) is 154 cm³/mol. The van der Waals surface area contributed by atoms with Crippen LogP contribution in [0.3, 0.4) is 0 Å². The number of hydrogen-bond acceptors (Lipinski definition) is 7. The summed E-state index contributed by atoms with van der Waals surface area (Å²) in [6, 6.07) is 9.71. The van der Waals surface area contributed by atoms with E-state index in [-0.39, 0.29) is 29.8 Å². The van der Waals surface area contributed by atoms with Crippen LogP contribution < -0.4 is 0 Å². The largest absolute Gasteiger partial charge is 0.457 e. The Morgan fingerprint density at radius 1 is 1.15 bits per heavy atom. The quantitative estimate of drug-likeness (QED) is 0.279. The molecule has 0 saturated carbocycles. The molecule has 2 fully saturated rings. The molecule has 7 heteroatoms. The van der Waals surface area contributed by atoms with Gasteiger partial charge in [0.05, 0.1) is 41.3 Å². The molecule has 2 saturated heterocycles. The number of ether oxygens (including phenoxy) is 2. The van der Waals surface area contributed by atoms with Crippen LogP contribution in [0.15, 0.2) is 48.2 Å². The van der Waals surface area contributed by atoms with Crippen molar-refractivity contribution in [2.45, 2.75) is 110 Å². The Morgan fingerprint density at radius 2 is 1.90 bits per heavy atom. The first-order valence-electron chi connectivity index (χ1n) is 14.6. The lowest BCUT2D eigenvalue weighted by atomic mass is 9.71. The van der Waals surface area contributed by atoms with Gasteiger partial charge in [-0.3, -0.25) is 14.6 Å². The molecule has 1 aromatic heterocycles. The summed E-state index contributed by atoms with van der Waals surface area (Å²) in [5.41, 5.74) is 1.10. The molecule has 0 spiro atoms. The fraction of sp³-hybridized carbons (Fsp3) is 0.606. The molecule has 7 nitrogen and oxygen atoms in total. The smallest absolute Gasteiger partial charge is 0.309 e. The number of allylic oxidation sites excluding steroid dienone is 2. The van der Waals surface area contributed by atoms with Crippen molar-refractivity contribution < 1.29 is 29.3 Å². The molecule has 0 amide bonds. The monoisotopic (exact) mass is 551 g/mol. The number of pyridine rings is 1. The zero-order valence-electron chi connectivity index (χ0n) is 24.7. The van der Waals surface area contributed by atoms with Gasteiger partial charge >= 0.3 is 5.97 Å². The first-order valence-corrected chi connectivity index (χ1v) is 14.6. The summed E-state index contributed by atoms with van der Waals surface area (Å²) in [7, 11) is 0. The highest BCUT2D eigenvalue weighted by molar-refractivity contribution is 5.88. The summed E-state index contributed by atoms with van der Waals surface area (Å²) in [4.78, 5) is 31.5. The van der Waals surface area contributed by atoms with Crippen LogP contribution in [-0.4, -0.2) is 50.9 Å². The third kappa shape index (κ3) is 6.81. The second kappa shape index (κ2) is 12.1. The van der Waals surface area contributed by atoms with Gasteiger partial charge in [-0.15, -0.1) is 0 Å². The molecular weight excluding hydrogens is 506 g/mol. The number of ketones is 1. The van der Waals surface area contributed by atoms with E-state index in [1.54, 1.807) is 20.0 Å². The summed E-state index contributed by atoms with van der Waals surface area (Å²) in [6.45, 7) is 11.3. The standard InChI is InChI=1S/C33H45NO6/c1-20(2)11-14-24-30(37)21(3)9-7-15-33(6)28(40-33)18-26(23-13-12-22-10-8-16-34-25(22)17-23)39-29(36)19-27(35)32(4,5)31(24)38/h8,10-13,16-17,21,24,26-28,30,35,37H,7,9,14-15,18-19H2,1-6H3. The minimum Gasteiger partial charge on any atom is -0.457 e. The van der Waals surface area contributed by atoms with Crippen LogP contribution in [0.2, 0.25) is 0 Å². The molecule has 2 aliphatic rings. The molecule has 3 heterocycles. The van der Waals surface area contributed by atoms with Crippen molar-refractivity contribution in [2.24, 2.45) is 17.3 Å². The summed E-state index contributed by atoms with van der Waals surface area (Å²) in [5.74, 6) is -1.61. The van der Waals surface area contributed by atoms with Gasteiger partial charge in [0, 0.05) is 23.9 Å². The zero-order chi connectivity index (χ0) is 29.2. The van der Waals surface area contributed by atoms with E-state index in [2.05, 4.69) is 11.9 Å². The molecule has 218 valence electrons. The van der Waals surface area contributed by atoms with Gasteiger partial charge in [-0.05, 0) is 63.6 Å². The lowest BCUT2D eigenvalue weighted by Crippen LogP contribution is -2.46. The van der Waals surface area contributed by atoms with E-state index >= 15 is 0 Å². The lowest BCUT2D eigenvalue weighted by molar-refractivity contribution is -0.156. The fourth-order valence-corrected chi connectivity index (χ4v) is 5.91. The third-order valence-corrected chi connectivity index (χ3v) is 9.01. The predicted octanol–water partition coefficient (Wildman–Crippen LogP) is 5.87. The van der Waals surface area contributed by atoms with E-state index in [1.807, 2.05) is 57.2 Å². The van der Waals surface area contributed by atoms with Crippen LogP contribution in [0.25, 0.3) is 10.9 Å². The second-order valence-corrected chi connectivity index (χ2v) is 12.9. The van der Waals surface area contributed by atoms with Gasteiger partial charge in [0.2, 0.25) is 0 Å². The van der Waals surface area contributed by atoms with E-state index in [0.29, 0.717) is 12.8 Å². The molecule has 2 aliphatic heterocycles. The molecule has 0 bridgehead atoms. The van der Waals surface area contributed by atoms with Gasteiger partial charge in [-0.2, -0.15) is 0 Å². The molecule has 7 unspecified atom stereocenters. The van der Waals surface area contributed by atoms with E-state index in [9.17, 15) is 19.8 Å². The van der Waals surface area contributed by atoms with Crippen LogP contribution >= 0.6 is 0 Å². The Hall–Kier alpha value is -2.61. The van der Waals surface area contributed by atoms with Gasteiger partial charge < -0.3 is 19.7 Å². The summed E-state index contributed by atoms with van der Waals surface area (Å²) >= 11 is 0. The molecule has 2 aromatic rings. The molecule has 4 rings (SSSR count). The number of cyclic esters (lactones) is 1. The molecule has 0 radical (unpaired) electrons. The first-order chi connectivity index (χ1) is 18.8. The van der Waals surface area contributed by atoms with E-state index in [1.165, 1.54) is 0 Å². The molecule has 1 aromatic carbocycles. The molecule has 2 N–H and O–H groups in total. The number of fused-ring (bicyclic) bond motifs is 2. The van der Waals surface area contributed by atoms with Crippen molar-refractivity contribution in [3.63, 3.8) is 0 Å². The minimum absolute atomic E-state index is 0.0776. The lowest BCUT2D eigenvalue weighted by Gasteiger charge is -2.36. The number of nitrogens with zero attached hydrogens (tertiary/aromatic N) is 1. The number of hydrogen-bond donors (Lipinski definition) is 2. The number of benzene rings is 1. The van der Waals surface area contributed by atoms with Crippen LogP contribution in [0, 0.1) is 17.3 Å². The maximum atomic E-state index is 13.8. The van der Waals surface area contributed by atoms with Gasteiger partial charge in [-0.1, -0.05) is 57.0 Å². The molecule has 0 aliphatic carbocycles. The summed E-state index contributed by atoms with van der Waals surface area (Å²) in [6.07, 6.45) is 3.86. The summed E-state index contributed by atoms with van der Waals surface area (Å²) in [5, 5.41) is 23.5. The molecular formula is C33H45NO6. The van der Waals surface area contributed by atoms with Crippen LogP contribution in [-0.2, 0) is 19.1 Å². The molecule has 7 atom stereocenters. The highest BCUT2D eigenvalue weighted by atomic mass is 16.6. The second-order valence-electron chi connectivity index (χ2n) is 12.9. The number of aliphatic hydroxyl groups is 2. The number of epoxide rings is 1. The number of esters is 1. The normalized spacial score (nSPS) is 33.6. The van der Waals surface area contributed by atoms with E-state index in [0.717, 1.165) is 41.3 Å². The molecule has 40 heavy (non-hydrogen) atoms. The average Bonchev–Trinajstić information content (AvgIpc) is 3.55. The highest BCUT2D eigenvalue weighted by Gasteiger charge is 2.53. The average molecular weight is 552 g/mol. The highest BCUT2D eigenvalue weighted by Crippen LogP contribution is 2.47. The van der Waals surface area contributed by atoms with Crippen LogP contribution in [0.5, 0.6) is 0 Å². The van der Waals surface area contributed by atoms with Crippen molar-refractivity contribution in [1.29, 1.82) is 0 Å². The van der Waals surface area contributed by atoms with E-state index in [4.69, 9.17) is 9.47 Å². The van der Waals surface area contributed by atoms with Gasteiger partial charge in [0.1, 0.15) is 11.9 Å². The van der Waals surface area contributed by atoms with Crippen molar-refractivity contribution in [2.75, 3.05) is 0 Å². The van der Waals surface area contributed by atoms with Crippen molar-refractivity contribution in [3.05, 3.63) is 53.7 Å². The van der Waals surface area contributed by atoms with Crippen LogP contribution in [0.1, 0.15) is 91.7 Å². The van der Waals surface area contributed by atoms with Crippen molar-refractivity contribution in [1.82, 2.24) is 4.98 Å². The number of rotatable bonds is 3. The Bertz CT molecular complexity index is 1250. The first kappa shape index (κ1) is 30.4. The Balaban J connectivity index is 1.63. The number of Topliss-reactive ketones (excluding diaryl/α,β-unsaturated/α-hetero) is 1. The van der Waals surface area contributed by atoms with Gasteiger partial charge in [0.25, 0.3) is 0 Å². The fourth-order valence-electron chi connectivity index (χ4n) is 5.91. The Morgan fingerprint density at radius 3 is 2.62 bits per heavy atom. The number of carbonyl (C=O) groups is 2. The minimum atomic E-state index is -1.27. The number of aliphatic hydroxyl groups excluding tert-OH is 2. The maximum Gasteiger partial charge on any atom is 0.309 e. The van der Waals surface area contributed by atoms with Crippen molar-refractivity contribution in [3.8, 4) is 0 Å². The topological polar surface area (TPSA) is 109 Å². The van der Waals surface area contributed by atoms with Gasteiger partial charge in [0.15, 0.2) is 0 Å². The third-order valence-electron chi connectivity index (χ3n) is 9.01. The van der Waals surface area contributed by atoms with Gasteiger partial charge in [-0.25, -0.2) is 0 Å². The van der Waals surface area contributed by atoms with E-state index < -0.39 is 35.6 Å². The maximum absolute atomic E-state index is 13.8. The Labute approximate surface area is 238 Å².